The summed E-state index contributed by atoms with van der Waals surface area (Å²) < 4.78 is 10.9. The second-order valence-electron chi connectivity index (χ2n) is 8.30. The third kappa shape index (κ3) is 4.41. The first-order valence-electron chi connectivity index (χ1n) is 9.80. The van der Waals surface area contributed by atoms with Gasteiger partial charge in [0.2, 0.25) is 6.79 Å². The van der Waals surface area contributed by atoms with E-state index in [2.05, 4.69) is 26.1 Å². The van der Waals surface area contributed by atoms with Crippen LogP contribution in [0, 0.1) is 10.1 Å². The number of anilines is 1. The number of nitrogens with one attached hydrogen (secondary N) is 1. The van der Waals surface area contributed by atoms with Crippen LogP contribution in [0.15, 0.2) is 36.4 Å². The number of hydrogen-bond acceptors (Lipinski definition) is 8. The van der Waals surface area contributed by atoms with E-state index in [0.29, 0.717) is 17.1 Å². The van der Waals surface area contributed by atoms with Crippen LogP contribution in [-0.4, -0.2) is 21.8 Å². The highest BCUT2D eigenvalue weighted by Gasteiger charge is 2.24. The molecule has 0 spiro atoms. The number of benzene rings is 2. The number of thiazole rings is 1. The minimum absolute atomic E-state index is 0.157. The molecule has 9 heteroatoms. The van der Waals surface area contributed by atoms with Crippen molar-refractivity contribution in [2.45, 2.75) is 39.2 Å². The zero-order valence-corrected chi connectivity index (χ0v) is 18.3. The van der Waals surface area contributed by atoms with Crippen molar-refractivity contribution in [2.75, 3.05) is 12.1 Å². The Morgan fingerprint density at radius 3 is 2.74 bits per heavy atom. The van der Waals surface area contributed by atoms with Gasteiger partial charge in [0.05, 0.1) is 10.6 Å². The molecule has 0 radical (unpaired) electrons. The predicted molar refractivity (Wildman–Crippen MR) is 118 cm³/mol. The molecule has 4 rings (SSSR count). The highest BCUT2D eigenvalue weighted by Crippen LogP contribution is 2.37. The van der Waals surface area contributed by atoms with E-state index in [4.69, 9.17) is 14.5 Å². The molecule has 0 amide bonds. The van der Waals surface area contributed by atoms with Crippen molar-refractivity contribution in [3.05, 3.63) is 68.2 Å². The van der Waals surface area contributed by atoms with Crippen molar-refractivity contribution in [3.8, 4) is 17.2 Å². The van der Waals surface area contributed by atoms with Crippen molar-refractivity contribution in [2.24, 2.45) is 0 Å². The topological polar surface area (TPSA) is 107 Å². The molecule has 2 aromatic carbocycles. The van der Waals surface area contributed by atoms with E-state index in [1.54, 1.807) is 23.5 Å². The molecular formula is C22H23N3O5S. The van der Waals surface area contributed by atoms with Crippen molar-refractivity contribution in [3.63, 3.8) is 0 Å². The van der Waals surface area contributed by atoms with Gasteiger partial charge in [0, 0.05) is 34.9 Å². The quantitative estimate of drug-likeness (QED) is 0.410. The van der Waals surface area contributed by atoms with Gasteiger partial charge in [-0.3, -0.25) is 10.1 Å². The fourth-order valence-electron chi connectivity index (χ4n) is 3.41. The van der Waals surface area contributed by atoms with E-state index in [1.165, 1.54) is 6.07 Å². The fraction of sp³-hybridized carbons (Fsp3) is 0.318. The largest absolute Gasteiger partial charge is 0.502 e. The number of nitrogens with zero attached hydrogens (tertiary/aromatic N) is 2. The van der Waals surface area contributed by atoms with Crippen LogP contribution in [0.2, 0.25) is 0 Å². The SMILES string of the molecule is CC(C)(C)c1nc(NCc2cccc([N+](=O)[O-])c2O)sc1Cc1ccc2c(c1)OCO2. The van der Waals surface area contributed by atoms with Gasteiger partial charge in [-0.25, -0.2) is 4.98 Å². The standard InChI is InChI=1S/C22H23N3O5S/c1-22(2,3)20-18(10-13-7-8-16-17(9-13)30-12-29-16)31-21(24-20)23-11-14-5-4-6-15(19(14)26)25(27)28/h4-9,26H,10-12H2,1-3H3,(H,23,24). The first-order valence-corrected chi connectivity index (χ1v) is 10.6. The highest BCUT2D eigenvalue weighted by molar-refractivity contribution is 7.15. The molecule has 162 valence electrons. The maximum Gasteiger partial charge on any atom is 0.311 e. The number of nitro benzene ring substituents is 1. The van der Waals surface area contributed by atoms with Crippen LogP contribution < -0.4 is 14.8 Å². The number of phenolic OH excluding ortho intramolecular Hbond substituents is 1. The molecule has 0 aliphatic carbocycles. The Morgan fingerprint density at radius 1 is 1.23 bits per heavy atom. The number of nitro groups is 1. The molecule has 0 fully saturated rings. The van der Waals surface area contributed by atoms with Crippen molar-refractivity contribution < 1.29 is 19.5 Å². The van der Waals surface area contributed by atoms with Crippen LogP contribution in [0.25, 0.3) is 0 Å². The summed E-state index contributed by atoms with van der Waals surface area (Å²) >= 11 is 1.54. The van der Waals surface area contributed by atoms with E-state index in [-0.39, 0.29) is 30.2 Å². The lowest BCUT2D eigenvalue weighted by Gasteiger charge is -2.17. The van der Waals surface area contributed by atoms with E-state index in [9.17, 15) is 15.2 Å². The zero-order valence-electron chi connectivity index (χ0n) is 17.5. The number of fused-ring (bicyclic) bond motifs is 1. The normalized spacial score (nSPS) is 12.7. The van der Waals surface area contributed by atoms with E-state index in [0.717, 1.165) is 27.6 Å². The average Bonchev–Trinajstić information content (AvgIpc) is 3.33. The number of aromatic hydroxyl groups is 1. The monoisotopic (exact) mass is 441 g/mol. The van der Waals surface area contributed by atoms with E-state index in [1.807, 2.05) is 18.2 Å². The summed E-state index contributed by atoms with van der Waals surface area (Å²) in [6.45, 7) is 6.81. The molecular weight excluding hydrogens is 418 g/mol. The number of phenols is 1. The van der Waals surface area contributed by atoms with Crippen molar-refractivity contribution >= 4 is 22.2 Å². The summed E-state index contributed by atoms with van der Waals surface area (Å²) in [5, 5.41) is 25.1. The van der Waals surface area contributed by atoms with Gasteiger partial charge in [-0.05, 0) is 17.7 Å². The molecule has 31 heavy (non-hydrogen) atoms. The van der Waals surface area contributed by atoms with Gasteiger partial charge in [0.1, 0.15) is 0 Å². The number of ether oxygens (including phenoxy) is 2. The molecule has 3 aromatic rings. The lowest BCUT2D eigenvalue weighted by molar-refractivity contribution is -0.385. The van der Waals surface area contributed by atoms with Crippen LogP contribution in [0.3, 0.4) is 0 Å². The van der Waals surface area contributed by atoms with Crippen LogP contribution in [0.5, 0.6) is 17.2 Å². The Morgan fingerprint density at radius 2 is 2.00 bits per heavy atom. The lowest BCUT2D eigenvalue weighted by Crippen LogP contribution is -2.14. The molecule has 0 saturated carbocycles. The van der Waals surface area contributed by atoms with Gasteiger partial charge >= 0.3 is 5.69 Å². The summed E-state index contributed by atoms with van der Waals surface area (Å²) in [6, 6.07) is 10.4. The molecule has 2 N–H and O–H groups in total. The number of rotatable bonds is 6. The van der Waals surface area contributed by atoms with Crippen molar-refractivity contribution in [1.82, 2.24) is 4.98 Å². The lowest BCUT2D eigenvalue weighted by atomic mass is 9.90. The maximum atomic E-state index is 11.0. The van der Waals surface area contributed by atoms with Gasteiger partial charge in [0.15, 0.2) is 22.4 Å². The maximum absolute atomic E-state index is 11.0. The number of hydrogen-bond donors (Lipinski definition) is 2. The van der Waals surface area contributed by atoms with Gasteiger partial charge in [-0.1, -0.05) is 39.0 Å². The third-order valence-electron chi connectivity index (χ3n) is 4.93. The first kappa shape index (κ1) is 20.9. The second kappa shape index (κ2) is 8.07. The molecule has 1 aliphatic rings. The number of para-hydroxylation sites is 1. The minimum Gasteiger partial charge on any atom is -0.502 e. The molecule has 8 nitrogen and oxygen atoms in total. The fourth-order valence-corrected chi connectivity index (χ4v) is 4.61. The van der Waals surface area contributed by atoms with Crippen LogP contribution >= 0.6 is 11.3 Å². The Balaban J connectivity index is 1.57. The Kier molecular flexibility index (Phi) is 5.45. The molecule has 1 aliphatic heterocycles. The van der Waals surface area contributed by atoms with Crippen LogP contribution in [0.4, 0.5) is 10.8 Å². The van der Waals surface area contributed by atoms with E-state index >= 15 is 0 Å². The smallest absolute Gasteiger partial charge is 0.311 e. The highest BCUT2D eigenvalue weighted by atomic mass is 32.1. The molecule has 0 bridgehead atoms. The molecule has 1 aromatic heterocycles. The summed E-state index contributed by atoms with van der Waals surface area (Å²) in [7, 11) is 0. The number of aromatic nitrogens is 1. The summed E-state index contributed by atoms with van der Waals surface area (Å²) in [4.78, 5) is 16.4. The van der Waals surface area contributed by atoms with E-state index < -0.39 is 4.92 Å². The molecule has 2 heterocycles. The summed E-state index contributed by atoms with van der Waals surface area (Å²) in [6.07, 6.45) is 0.699. The van der Waals surface area contributed by atoms with Gasteiger partial charge in [0.25, 0.3) is 0 Å². The van der Waals surface area contributed by atoms with Crippen LogP contribution in [-0.2, 0) is 18.4 Å². The molecule has 0 atom stereocenters. The second-order valence-corrected chi connectivity index (χ2v) is 9.38. The van der Waals surface area contributed by atoms with Gasteiger partial charge in [-0.2, -0.15) is 0 Å². The third-order valence-corrected chi connectivity index (χ3v) is 5.95. The molecule has 0 unspecified atom stereocenters. The minimum atomic E-state index is -0.594. The Hall–Kier alpha value is -3.33. The summed E-state index contributed by atoms with van der Waals surface area (Å²) in [5.74, 6) is 1.18. The summed E-state index contributed by atoms with van der Waals surface area (Å²) in [5.41, 5.74) is 2.06. The van der Waals surface area contributed by atoms with Crippen LogP contribution in [0.1, 0.15) is 42.5 Å². The molecule has 0 saturated heterocycles. The first-order chi connectivity index (χ1) is 14.7. The zero-order chi connectivity index (χ0) is 22.2. The van der Waals surface area contributed by atoms with Gasteiger partial charge in [-0.15, -0.1) is 11.3 Å². The Labute approximate surface area is 183 Å². The van der Waals surface area contributed by atoms with Crippen molar-refractivity contribution in [1.29, 1.82) is 0 Å². The predicted octanol–water partition coefficient (Wildman–Crippen LogP) is 4.99. The van der Waals surface area contributed by atoms with Gasteiger partial charge < -0.3 is 19.9 Å². The average molecular weight is 442 g/mol. The Bertz CT molecular complexity index is 1140.